The highest BCUT2D eigenvalue weighted by Gasteiger charge is 2.23. The van der Waals surface area contributed by atoms with E-state index in [1.807, 2.05) is 18.5 Å². The quantitative estimate of drug-likeness (QED) is 0.675. The minimum absolute atomic E-state index is 0.582. The molecule has 0 bridgehead atoms. The van der Waals surface area contributed by atoms with Gasteiger partial charge in [0.2, 0.25) is 0 Å². The lowest BCUT2D eigenvalue weighted by Gasteiger charge is -2.37. The van der Waals surface area contributed by atoms with Crippen LogP contribution in [0.15, 0.2) is 45.7 Å². The molecule has 0 atom stereocenters. The number of hydrogen-bond acceptors (Lipinski definition) is 6. The van der Waals surface area contributed by atoms with Crippen LogP contribution in [-0.4, -0.2) is 41.2 Å². The van der Waals surface area contributed by atoms with Gasteiger partial charge in [-0.05, 0) is 38.9 Å². The van der Waals surface area contributed by atoms with Gasteiger partial charge in [-0.15, -0.1) is 11.3 Å². The first-order valence-electron chi connectivity index (χ1n) is 9.05. The second-order valence-corrected chi connectivity index (χ2v) is 7.71. The summed E-state index contributed by atoms with van der Waals surface area (Å²) in [6.45, 7) is 4.94. The van der Waals surface area contributed by atoms with Crippen LogP contribution in [0.1, 0.15) is 24.3 Å². The van der Waals surface area contributed by atoms with E-state index < -0.39 is 0 Å². The average Bonchev–Trinajstić information content (AvgIpc) is 3.34. The molecule has 6 heteroatoms. The number of aromatic nitrogens is 2. The fourth-order valence-corrected chi connectivity index (χ4v) is 4.21. The van der Waals surface area contributed by atoms with E-state index in [-0.39, 0.29) is 0 Å². The Morgan fingerprint density at radius 1 is 1.27 bits per heavy atom. The monoisotopic (exact) mass is 368 g/mol. The van der Waals surface area contributed by atoms with Crippen molar-refractivity contribution in [3.8, 4) is 11.3 Å². The smallest absolute Gasteiger partial charge is 0.150 e. The first-order valence-corrected chi connectivity index (χ1v) is 9.99. The van der Waals surface area contributed by atoms with Gasteiger partial charge in [-0.3, -0.25) is 4.90 Å². The van der Waals surface area contributed by atoms with Gasteiger partial charge in [-0.2, -0.15) is 0 Å². The molecule has 1 aromatic carbocycles. The van der Waals surface area contributed by atoms with Crippen molar-refractivity contribution in [3.05, 3.63) is 52.7 Å². The largest absolute Gasteiger partial charge is 0.371 e. The lowest BCUT2D eigenvalue weighted by Crippen LogP contribution is -2.43. The van der Waals surface area contributed by atoms with Crippen molar-refractivity contribution < 1.29 is 4.52 Å². The second kappa shape index (κ2) is 7.60. The molecule has 136 valence electrons. The lowest BCUT2D eigenvalue weighted by atomic mass is 10.0. The molecule has 1 aliphatic rings. The van der Waals surface area contributed by atoms with E-state index in [1.54, 1.807) is 11.3 Å². The molecule has 0 saturated carbocycles. The fourth-order valence-electron chi connectivity index (χ4n) is 3.65. The molecule has 4 rings (SSSR count). The number of rotatable bonds is 5. The summed E-state index contributed by atoms with van der Waals surface area (Å²) >= 11 is 1.64. The number of nitrogens with zero attached hydrogens (tertiary/aromatic N) is 4. The summed E-state index contributed by atoms with van der Waals surface area (Å²) in [5.41, 5.74) is 6.39. The summed E-state index contributed by atoms with van der Waals surface area (Å²) in [6.07, 6.45) is 2.31. The second-order valence-electron chi connectivity index (χ2n) is 6.99. The van der Waals surface area contributed by atoms with Crippen LogP contribution in [0.5, 0.6) is 0 Å². The molecule has 0 N–H and O–H groups in total. The number of anilines is 1. The van der Waals surface area contributed by atoms with Crippen LogP contribution in [0.3, 0.4) is 0 Å². The van der Waals surface area contributed by atoms with Gasteiger partial charge in [0.15, 0.2) is 5.76 Å². The molecular weight excluding hydrogens is 344 g/mol. The van der Waals surface area contributed by atoms with E-state index in [4.69, 9.17) is 4.52 Å². The number of hydrogen-bond donors (Lipinski definition) is 0. The van der Waals surface area contributed by atoms with Crippen molar-refractivity contribution in [2.75, 3.05) is 25.0 Å². The van der Waals surface area contributed by atoms with Crippen molar-refractivity contribution in [2.45, 2.75) is 32.4 Å². The van der Waals surface area contributed by atoms with Crippen molar-refractivity contribution in [1.29, 1.82) is 0 Å². The van der Waals surface area contributed by atoms with Gasteiger partial charge >= 0.3 is 0 Å². The predicted molar refractivity (Wildman–Crippen MR) is 105 cm³/mol. The molecule has 3 aromatic rings. The number of thiazole rings is 1. The van der Waals surface area contributed by atoms with Gasteiger partial charge < -0.3 is 9.42 Å². The van der Waals surface area contributed by atoms with E-state index in [9.17, 15) is 0 Å². The zero-order valence-corrected chi connectivity index (χ0v) is 16.1. The van der Waals surface area contributed by atoms with Gasteiger partial charge in [0, 0.05) is 41.8 Å². The van der Waals surface area contributed by atoms with Gasteiger partial charge in [-0.1, -0.05) is 17.3 Å². The Labute approximate surface area is 158 Å². The minimum Gasteiger partial charge on any atom is -0.371 e. The Balaban J connectivity index is 1.37. The van der Waals surface area contributed by atoms with Crippen molar-refractivity contribution in [3.63, 3.8) is 0 Å². The fraction of sp³-hybridized carbons (Fsp3) is 0.400. The highest BCUT2D eigenvalue weighted by molar-refractivity contribution is 7.07. The van der Waals surface area contributed by atoms with E-state index in [0.29, 0.717) is 6.04 Å². The van der Waals surface area contributed by atoms with Crippen LogP contribution in [0.2, 0.25) is 0 Å². The van der Waals surface area contributed by atoms with Crippen molar-refractivity contribution in [1.82, 2.24) is 15.0 Å². The summed E-state index contributed by atoms with van der Waals surface area (Å²) in [5.74, 6) is 0.948. The molecule has 26 heavy (non-hydrogen) atoms. The number of piperidine rings is 1. The van der Waals surface area contributed by atoms with Gasteiger partial charge in [0.05, 0.1) is 23.4 Å². The van der Waals surface area contributed by atoms with Crippen LogP contribution in [-0.2, 0) is 6.54 Å². The molecule has 1 fully saturated rings. The van der Waals surface area contributed by atoms with Gasteiger partial charge in [0.1, 0.15) is 0 Å². The maximum Gasteiger partial charge on any atom is 0.150 e. The molecule has 0 spiro atoms. The zero-order valence-electron chi connectivity index (χ0n) is 15.3. The third-order valence-electron chi connectivity index (χ3n) is 5.11. The summed E-state index contributed by atoms with van der Waals surface area (Å²) < 4.78 is 5.36. The predicted octanol–water partition coefficient (Wildman–Crippen LogP) is 4.21. The lowest BCUT2D eigenvalue weighted by molar-refractivity contribution is 0.180. The van der Waals surface area contributed by atoms with Crippen molar-refractivity contribution in [2.24, 2.45) is 0 Å². The average molecular weight is 369 g/mol. The minimum atomic E-state index is 0.582. The summed E-state index contributed by atoms with van der Waals surface area (Å²) in [6, 6.07) is 11.3. The van der Waals surface area contributed by atoms with Crippen LogP contribution in [0, 0.1) is 6.92 Å². The molecule has 3 heterocycles. The molecular formula is C20H24N4OS. The van der Waals surface area contributed by atoms with E-state index in [2.05, 4.69) is 56.6 Å². The Hall–Kier alpha value is -2.18. The van der Waals surface area contributed by atoms with Gasteiger partial charge in [-0.25, -0.2) is 4.98 Å². The van der Waals surface area contributed by atoms with E-state index >= 15 is 0 Å². The van der Waals surface area contributed by atoms with Crippen molar-refractivity contribution >= 4 is 17.0 Å². The third kappa shape index (κ3) is 3.81. The molecule has 5 nitrogen and oxygen atoms in total. The van der Waals surface area contributed by atoms with Gasteiger partial charge in [0.25, 0.3) is 0 Å². The highest BCUT2D eigenvalue weighted by atomic mass is 32.1. The Morgan fingerprint density at radius 2 is 2.12 bits per heavy atom. The van der Waals surface area contributed by atoms with Crippen LogP contribution >= 0.6 is 11.3 Å². The Bertz CT molecular complexity index is 837. The Kier molecular flexibility index (Phi) is 5.04. The molecule has 0 unspecified atom stereocenters. The number of aryl methyl sites for hydroxylation is 1. The SMILES string of the molecule is Cc1cc(CN(C)C2CCN(c3cccc(-c4cscn4)c3)CC2)on1. The molecule has 1 saturated heterocycles. The standard InChI is InChI=1S/C20H24N4OS/c1-15-10-19(25-22-15)12-23(2)17-6-8-24(9-7-17)18-5-3-4-16(11-18)20-13-26-14-21-20/h3-5,10-11,13-14,17H,6-9,12H2,1-2H3. The van der Waals surface area contributed by atoms with Crippen LogP contribution in [0.4, 0.5) is 5.69 Å². The first kappa shape index (κ1) is 17.2. The summed E-state index contributed by atoms with van der Waals surface area (Å²) in [7, 11) is 2.18. The highest BCUT2D eigenvalue weighted by Crippen LogP contribution is 2.27. The van der Waals surface area contributed by atoms with E-state index in [0.717, 1.165) is 49.6 Å². The molecule has 0 radical (unpaired) electrons. The summed E-state index contributed by atoms with van der Waals surface area (Å²) in [5, 5.41) is 6.08. The Morgan fingerprint density at radius 3 is 2.81 bits per heavy atom. The maximum atomic E-state index is 5.36. The molecule has 1 aliphatic heterocycles. The first-order chi connectivity index (χ1) is 12.7. The topological polar surface area (TPSA) is 45.4 Å². The molecule has 0 aliphatic carbocycles. The van der Waals surface area contributed by atoms with E-state index in [1.165, 1.54) is 11.3 Å². The van der Waals surface area contributed by atoms with Crippen LogP contribution < -0.4 is 4.90 Å². The maximum absolute atomic E-state index is 5.36. The third-order valence-corrected chi connectivity index (χ3v) is 5.70. The van der Waals surface area contributed by atoms with Crippen LogP contribution in [0.25, 0.3) is 11.3 Å². The normalized spacial score (nSPS) is 15.7. The molecule has 0 amide bonds. The number of benzene rings is 1. The zero-order chi connectivity index (χ0) is 17.9. The summed E-state index contributed by atoms with van der Waals surface area (Å²) in [4.78, 5) is 9.31. The molecule has 2 aromatic heterocycles.